The zero-order valence-electron chi connectivity index (χ0n) is 11.9. The lowest BCUT2D eigenvalue weighted by molar-refractivity contribution is -0.144. The Morgan fingerprint density at radius 2 is 2.05 bits per heavy atom. The highest BCUT2D eigenvalue weighted by Gasteiger charge is 2.10. The van der Waals surface area contributed by atoms with E-state index in [9.17, 15) is 9.59 Å². The van der Waals surface area contributed by atoms with Gasteiger partial charge < -0.3 is 4.74 Å². The van der Waals surface area contributed by atoms with E-state index in [2.05, 4.69) is 0 Å². The van der Waals surface area contributed by atoms with E-state index in [0.29, 0.717) is 24.7 Å². The lowest BCUT2D eigenvalue weighted by Crippen LogP contribution is -2.26. The van der Waals surface area contributed by atoms with Gasteiger partial charge in [0.25, 0.3) is 0 Å². The van der Waals surface area contributed by atoms with Gasteiger partial charge in [0.15, 0.2) is 0 Å². The van der Waals surface area contributed by atoms with Crippen molar-refractivity contribution in [3.8, 4) is 0 Å². The van der Waals surface area contributed by atoms with E-state index in [4.69, 9.17) is 16.3 Å². The van der Waals surface area contributed by atoms with Crippen LogP contribution in [-0.4, -0.2) is 36.9 Å². The summed E-state index contributed by atoms with van der Waals surface area (Å²) in [5, 5.41) is 0.685. The molecular weight excluding hydrogens is 278 g/mol. The number of ketones is 1. The van der Waals surface area contributed by atoms with Gasteiger partial charge in [-0.25, -0.2) is 0 Å². The lowest BCUT2D eigenvalue weighted by Gasteiger charge is -2.15. The van der Waals surface area contributed by atoms with E-state index in [0.717, 1.165) is 5.56 Å². The second-order valence-corrected chi connectivity index (χ2v) is 5.08. The van der Waals surface area contributed by atoms with Crippen molar-refractivity contribution >= 4 is 23.4 Å². The second-order valence-electron chi connectivity index (χ2n) is 4.65. The number of rotatable bonds is 8. The molecule has 0 N–H and O–H groups in total. The largest absolute Gasteiger partial charge is 0.466 e. The first-order chi connectivity index (χ1) is 9.51. The van der Waals surface area contributed by atoms with Crippen LogP contribution in [0.15, 0.2) is 24.3 Å². The number of hydrogen-bond acceptors (Lipinski definition) is 4. The molecule has 4 nitrogen and oxygen atoms in total. The summed E-state index contributed by atoms with van der Waals surface area (Å²) in [6.45, 7) is 3.05. The second kappa shape index (κ2) is 8.72. The van der Waals surface area contributed by atoms with E-state index in [1.807, 2.05) is 36.2 Å². The average Bonchev–Trinajstić information content (AvgIpc) is 2.36. The fourth-order valence-corrected chi connectivity index (χ4v) is 2.07. The molecule has 0 saturated carbocycles. The maximum atomic E-state index is 11.7. The molecule has 0 fully saturated rings. The molecule has 0 aliphatic carbocycles. The average molecular weight is 298 g/mol. The van der Waals surface area contributed by atoms with E-state index in [1.165, 1.54) is 0 Å². The van der Waals surface area contributed by atoms with Crippen molar-refractivity contribution in [2.45, 2.75) is 26.3 Å². The number of hydrogen-bond donors (Lipinski definition) is 0. The minimum atomic E-state index is -0.321. The third-order valence-electron chi connectivity index (χ3n) is 2.70. The number of nitrogens with zero attached hydrogens (tertiary/aromatic N) is 1. The van der Waals surface area contributed by atoms with Crippen molar-refractivity contribution in [2.24, 2.45) is 0 Å². The Hall–Kier alpha value is -1.39. The van der Waals surface area contributed by atoms with Gasteiger partial charge in [0.05, 0.1) is 19.6 Å². The number of esters is 1. The van der Waals surface area contributed by atoms with Crippen LogP contribution in [0.5, 0.6) is 0 Å². The third-order valence-corrected chi connectivity index (χ3v) is 2.94. The summed E-state index contributed by atoms with van der Waals surface area (Å²) in [7, 11) is 1.86. The summed E-state index contributed by atoms with van der Waals surface area (Å²) in [4.78, 5) is 24.8. The summed E-state index contributed by atoms with van der Waals surface area (Å²) in [6.07, 6.45) is 0.371. The van der Waals surface area contributed by atoms with Crippen LogP contribution < -0.4 is 0 Å². The molecular formula is C15H20ClNO3. The molecule has 0 unspecified atom stereocenters. The maximum Gasteiger partial charge on any atom is 0.306 e. The Bertz CT molecular complexity index is 462. The summed E-state index contributed by atoms with van der Waals surface area (Å²) in [5.41, 5.74) is 1.05. The van der Waals surface area contributed by atoms with Crippen LogP contribution in [0.4, 0.5) is 0 Å². The van der Waals surface area contributed by atoms with Crippen LogP contribution in [0, 0.1) is 0 Å². The molecule has 1 aromatic rings. The van der Waals surface area contributed by atoms with Crippen LogP contribution in [0.3, 0.4) is 0 Å². The van der Waals surface area contributed by atoms with Gasteiger partial charge in [-0.05, 0) is 31.7 Å². The lowest BCUT2D eigenvalue weighted by atomic mass is 10.2. The van der Waals surface area contributed by atoms with Gasteiger partial charge >= 0.3 is 5.97 Å². The quantitative estimate of drug-likeness (QED) is 0.692. The van der Waals surface area contributed by atoms with Crippen molar-refractivity contribution in [3.05, 3.63) is 34.9 Å². The molecule has 5 heteroatoms. The molecule has 0 heterocycles. The molecule has 20 heavy (non-hydrogen) atoms. The molecule has 0 radical (unpaired) electrons. The summed E-state index contributed by atoms with van der Waals surface area (Å²) >= 11 is 5.91. The standard InChI is InChI=1S/C15H20ClNO3/c1-3-20-15(19)8-7-14(18)11-17(2)10-12-5-4-6-13(16)9-12/h4-6,9H,3,7-8,10-11H2,1-2H3. The Kier molecular flexibility index (Phi) is 7.26. The van der Waals surface area contributed by atoms with Crippen LogP contribution in [0.25, 0.3) is 0 Å². The monoisotopic (exact) mass is 297 g/mol. The summed E-state index contributed by atoms with van der Waals surface area (Å²) < 4.78 is 4.79. The smallest absolute Gasteiger partial charge is 0.306 e. The number of carbonyl (C=O) groups is 2. The predicted octanol–water partition coefficient (Wildman–Crippen LogP) is 2.68. The Labute approximate surface area is 124 Å². The minimum Gasteiger partial charge on any atom is -0.466 e. The summed E-state index contributed by atoms with van der Waals surface area (Å²) in [6, 6.07) is 7.54. The molecule has 0 aromatic heterocycles. The molecule has 1 rings (SSSR count). The molecule has 0 aliphatic rings. The SMILES string of the molecule is CCOC(=O)CCC(=O)CN(C)Cc1cccc(Cl)c1. The molecule has 0 aliphatic heterocycles. The maximum absolute atomic E-state index is 11.7. The van der Waals surface area contributed by atoms with Crippen LogP contribution >= 0.6 is 11.6 Å². The number of likely N-dealkylation sites (N-methyl/N-ethyl adjacent to an activating group) is 1. The first-order valence-electron chi connectivity index (χ1n) is 6.61. The normalized spacial score (nSPS) is 10.6. The number of Topliss-reactive ketones (excluding diaryl/α,β-unsaturated/α-hetero) is 1. The zero-order valence-corrected chi connectivity index (χ0v) is 12.7. The van der Waals surface area contributed by atoms with Crippen LogP contribution in [-0.2, 0) is 20.9 Å². The summed E-state index contributed by atoms with van der Waals surface area (Å²) in [5.74, 6) is -0.291. The Balaban J connectivity index is 2.33. The molecule has 0 spiro atoms. The highest BCUT2D eigenvalue weighted by molar-refractivity contribution is 6.30. The van der Waals surface area contributed by atoms with Crippen LogP contribution in [0.2, 0.25) is 5.02 Å². The zero-order chi connectivity index (χ0) is 15.0. The fraction of sp³-hybridized carbons (Fsp3) is 0.467. The van der Waals surface area contributed by atoms with Gasteiger partial charge in [-0.1, -0.05) is 23.7 Å². The number of halogens is 1. The predicted molar refractivity (Wildman–Crippen MR) is 78.7 cm³/mol. The van der Waals surface area contributed by atoms with Gasteiger partial charge in [-0.2, -0.15) is 0 Å². The van der Waals surface area contributed by atoms with Gasteiger partial charge in [0, 0.05) is 18.0 Å². The molecule has 0 saturated heterocycles. The van der Waals surface area contributed by atoms with Gasteiger partial charge in [-0.15, -0.1) is 0 Å². The fourth-order valence-electron chi connectivity index (χ4n) is 1.86. The molecule has 0 atom stereocenters. The molecule has 0 amide bonds. The van der Waals surface area contributed by atoms with E-state index < -0.39 is 0 Å². The topological polar surface area (TPSA) is 46.6 Å². The van der Waals surface area contributed by atoms with Crippen molar-refractivity contribution < 1.29 is 14.3 Å². The third kappa shape index (κ3) is 6.68. The van der Waals surface area contributed by atoms with Crippen molar-refractivity contribution in [1.82, 2.24) is 4.90 Å². The molecule has 0 bridgehead atoms. The highest BCUT2D eigenvalue weighted by atomic mass is 35.5. The van der Waals surface area contributed by atoms with Crippen LogP contribution in [0.1, 0.15) is 25.3 Å². The van der Waals surface area contributed by atoms with E-state index in [-0.39, 0.29) is 24.6 Å². The van der Waals surface area contributed by atoms with Crippen molar-refractivity contribution in [1.29, 1.82) is 0 Å². The molecule has 1 aromatic carbocycles. The number of carbonyl (C=O) groups excluding carboxylic acids is 2. The number of benzene rings is 1. The van der Waals surface area contributed by atoms with E-state index in [1.54, 1.807) is 6.92 Å². The van der Waals surface area contributed by atoms with Gasteiger partial charge in [0.2, 0.25) is 0 Å². The highest BCUT2D eigenvalue weighted by Crippen LogP contribution is 2.12. The number of ether oxygens (including phenoxy) is 1. The van der Waals surface area contributed by atoms with E-state index >= 15 is 0 Å². The van der Waals surface area contributed by atoms with Crippen molar-refractivity contribution in [2.75, 3.05) is 20.2 Å². The Morgan fingerprint density at radius 3 is 2.70 bits per heavy atom. The molecule has 110 valence electrons. The van der Waals surface area contributed by atoms with Gasteiger partial charge in [0.1, 0.15) is 5.78 Å². The Morgan fingerprint density at radius 1 is 1.30 bits per heavy atom. The van der Waals surface area contributed by atoms with Crippen molar-refractivity contribution in [3.63, 3.8) is 0 Å². The minimum absolute atomic E-state index is 0.0302. The first-order valence-corrected chi connectivity index (χ1v) is 6.99. The first kappa shape index (κ1) is 16.7. The van der Waals surface area contributed by atoms with Gasteiger partial charge in [-0.3, -0.25) is 14.5 Å².